The second-order valence-electron chi connectivity index (χ2n) is 11.5. The molecule has 0 unspecified atom stereocenters. The maximum Gasteiger partial charge on any atom is 0.261 e. The van der Waals surface area contributed by atoms with Crippen molar-refractivity contribution >= 4 is 38.7 Å². The summed E-state index contributed by atoms with van der Waals surface area (Å²) in [6.07, 6.45) is 3.58. The van der Waals surface area contributed by atoms with E-state index in [4.69, 9.17) is 0 Å². The van der Waals surface area contributed by atoms with Crippen LogP contribution in [0.2, 0.25) is 0 Å². The van der Waals surface area contributed by atoms with Crippen molar-refractivity contribution in [1.29, 1.82) is 0 Å². The standard InChI is InChI=1S/C32H30F2N2O5S/c1-32(2)11-13-36(14-12-32)24-6-3-20(4-7-24)5-10-29(37)28-19-30(38)26-9-8-25(18-27(26)31(28)39)42(40,41)35-23-16-21(33)15-22(34)17-23/h3-4,6-9,15-19,35H,5,10-14H2,1-2H3. The molecule has 218 valence electrons. The molecule has 10 heteroatoms. The first-order chi connectivity index (χ1) is 19.8. The molecule has 1 heterocycles. The van der Waals surface area contributed by atoms with Crippen LogP contribution >= 0.6 is 0 Å². The molecule has 0 atom stereocenters. The minimum atomic E-state index is -4.38. The number of Topliss-reactive ketones (excluding diaryl/α,β-unsaturated/α-hetero) is 2. The number of aryl methyl sites for hydroxylation is 1. The fourth-order valence-corrected chi connectivity index (χ4v) is 6.25. The first-order valence-electron chi connectivity index (χ1n) is 13.6. The summed E-state index contributed by atoms with van der Waals surface area (Å²) in [5, 5.41) is 0. The van der Waals surface area contributed by atoms with Crippen molar-refractivity contribution < 1.29 is 31.6 Å². The van der Waals surface area contributed by atoms with Gasteiger partial charge in [-0.1, -0.05) is 26.0 Å². The van der Waals surface area contributed by atoms with Crippen LogP contribution < -0.4 is 9.62 Å². The van der Waals surface area contributed by atoms with E-state index < -0.39 is 43.9 Å². The van der Waals surface area contributed by atoms with Crippen molar-refractivity contribution in [2.45, 2.75) is 44.4 Å². The Kier molecular flexibility index (Phi) is 7.85. The third-order valence-corrected chi connectivity index (χ3v) is 9.18. The number of benzene rings is 3. The number of allylic oxidation sites excluding steroid dienone is 2. The van der Waals surface area contributed by atoms with Gasteiger partial charge in [-0.3, -0.25) is 19.1 Å². The van der Waals surface area contributed by atoms with E-state index in [1.807, 2.05) is 24.3 Å². The Labute approximate surface area is 243 Å². The molecule has 2 aliphatic rings. The van der Waals surface area contributed by atoms with Crippen molar-refractivity contribution in [2.75, 3.05) is 22.7 Å². The zero-order chi connectivity index (χ0) is 30.2. The topological polar surface area (TPSA) is 101 Å². The van der Waals surface area contributed by atoms with Crippen LogP contribution in [0.5, 0.6) is 0 Å². The lowest BCUT2D eigenvalue weighted by Crippen LogP contribution is -2.37. The number of piperidine rings is 1. The smallest absolute Gasteiger partial charge is 0.261 e. The molecule has 0 saturated carbocycles. The Morgan fingerprint density at radius 1 is 0.905 bits per heavy atom. The van der Waals surface area contributed by atoms with Crippen molar-refractivity contribution in [1.82, 2.24) is 0 Å². The molecule has 1 saturated heterocycles. The molecule has 0 amide bonds. The SMILES string of the molecule is CC1(C)CCN(c2ccc(CCC(=O)C3=CC(=O)c4ccc(S(=O)(=O)Nc5cc(F)cc(F)c5)cc4C3=O)cc2)CC1. The summed E-state index contributed by atoms with van der Waals surface area (Å²) in [5.74, 6) is -3.83. The highest BCUT2D eigenvalue weighted by Crippen LogP contribution is 2.32. The van der Waals surface area contributed by atoms with Gasteiger partial charge >= 0.3 is 0 Å². The summed E-state index contributed by atoms with van der Waals surface area (Å²) in [6.45, 7) is 6.53. The number of hydrogen-bond acceptors (Lipinski definition) is 6. The van der Waals surface area contributed by atoms with E-state index in [0.717, 1.165) is 67.5 Å². The van der Waals surface area contributed by atoms with E-state index in [1.54, 1.807) is 0 Å². The monoisotopic (exact) mass is 592 g/mol. The predicted molar refractivity (Wildman–Crippen MR) is 155 cm³/mol. The van der Waals surface area contributed by atoms with Gasteiger partial charge in [-0.2, -0.15) is 0 Å². The van der Waals surface area contributed by atoms with Crippen LogP contribution in [0.4, 0.5) is 20.2 Å². The number of carbonyl (C=O) groups excluding carboxylic acids is 3. The zero-order valence-electron chi connectivity index (χ0n) is 23.2. The van der Waals surface area contributed by atoms with Crippen molar-refractivity contribution in [3.8, 4) is 0 Å². The molecule has 1 aliphatic heterocycles. The van der Waals surface area contributed by atoms with Gasteiger partial charge in [0.1, 0.15) is 11.6 Å². The molecule has 42 heavy (non-hydrogen) atoms. The summed E-state index contributed by atoms with van der Waals surface area (Å²) in [4.78, 5) is 41.0. The molecule has 1 aliphatic carbocycles. The van der Waals surface area contributed by atoms with Crippen molar-refractivity contribution in [3.05, 3.63) is 101 Å². The third kappa shape index (κ3) is 6.33. The van der Waals surface area contributed by atoms with E-state index >= 15 is 0 Å². The molecule has 0 radical (unpaired) electrons. The van der Waals surface area contributed by atoms with Crippen LogP contribution in [-0.4, -0.2) is 38.9 Å². The maximum absolute atomic E-state index is 13.5. The Hall–Kier alpha value is -4.18. The van der Waals surface area contributed by atoms with Gasteiger partial charge in [0.15, 0.2) is 17.3 Å². The lowest BCUT2D eigenvalue weighted by molar-refractivity contribution is -0.115. The number of fused-ring (bicyclic) bond motifs is 1. The number of nitrogens with one attached hydrogen (secondary N) is 1. The molecule has 5 rings (SSSR count). The lowest BCUT2D eigenvalue weighted by atomic mass is 9.82. The first kappa shape index (κ1) is 29.3. The third-order valence-electron chi connectivity index (χ3n) is 7.81. The van der Waals surface area contributed by atoms with Gasteiger partial charge in [-0.25, -0.2) is 17.2 Å². The number of anilines is 2. The van der Waals surface area contributed by atoms with Crippen LogP contribution in [0, 0.1) is 17.0 Å². The van der Waals surface area contributed by atoms with Crippen LogP contribution in [0.25, 0.3) is 0 Å². The molecule has 0 bridgehead atoms. The molecular weight excluding hydrogens is 562 g/mol. The Bertz CT molecular complexity index is 1700. The van der Waals surface area contributed by atoms with Crippen LogP contribution in [-0.2, 0) is 21.2 Å². The number of rotatable bonds is 8. The quantitative estimate of drug-likeness (QED) is 0.327. The van der Waals surface area contributed by atoms with E-state index in [2.05, 4.69) is 23.5 Å². The molecule has 1 N–H and O–H groups in total. The van der Waals surface area contributed by atoms with Gasteiger partial charge in [0.25, 0.3) is 10.0 Å². The summed E-state index contributed by atoms with van der Waals surface area (Å²) in [7, 11) is -4.38. The highest BCUT2D eigenvalue weighted by Gasteiger charge is 2.31. The van der Waals surface area contributed by atoms with Gasteiger partial charge < -0.3 is 4.90 Å². The van der Waals surface area contributed by atoms with Crippen LogP contribution in [0.15, 0.2) is 77.2 Å². The zero-order valence-corrected chi connectivity index (χ0v) is 24.1. The summed E-state index contributed by atoms with van der Waals surface area (Å²) >= 11 is 0. The first-order valence-corrected chi connectivity index (χ1v) is 15.1. The summed E-state index contributed by atoms with van der Waals surface area (Å²) in [5.41, 5.74) is 1.45. The lowest BCUT2D eigenvalue weighted by Gasteiger charge is -2.38. The number of hydrogen-bond donors (Lipinski definition) is 1. The van der Waals surface area contributed by atoms with Crippen molar-refractivity contribution in [2.24, 2.45) is 5.41 Å². The van der Waals surface area contributed by atoms with E-state index in [0.29, 0.717) is 17.9 Å². The number of carbonyl (C=O) groups is 3. The van der Waals surface area contributed by atoms with Gasteiger partial charge in [0.2, 0.25) is 0 Å². The normalized spacial score (nSPS) is 16.6. The fourth-order valence-electron chi connectivity index (χ4n) is 5.18. The Morgan fingerprint density at radius 3 is 2.19 bits per heavy atom. The second-order valence-corrected chi connectivity index (χ2v) is 13.1. The fraction of sp³-hybridized carbons (Fsp3) is 0.281. The number of nitrogens with zero attached hydrogens (tertiary/aromatic N) is 1. The average Bonchev–Trinajstić information content (AvgIpc) is 2.93. The van der Waals surface area contributed by atoms with Crippen LogP contribution in [0.3, 0.4) is 0 Å². The molecule has 3 aromatic carbocycles. The summed E-state index contributed by atoms with van der Waals surface area (Å²) in [6, 6.07) is 13.4. The Morgan fingerprint density at radius 2 is 1.55 bits per heavy atom. The highest BCUT2D eigenvalue weighted by molar-refractivity contribution is 7.92. The molecule has 3 aromatic rings. The van der Waals surface area contributed by atoms with E-state index in [1.165, 1.54) is 6.07 Å². The average molecular weight is 593 g/mol. The Balaban J connectivity index is 1.27. The molecule has 1 fully saturated rings. The van der Waals surface area contributed by atoms with E-state index in [9.17, 15) is 31.6 Å². The van der Waals surface area contributed by atoms with Crippen LogP contribution in [0.1, 0.15) is 59.4 Å². The van der Waals surface area contributed by atoms with Gasteiger partial charge in [0.05, 0.1) is 16.2 Å². The molecule has 0 aromatic heterocycles. The van der Waals surface area contributed by atoms with Crippen molar-refractivity contribution in [3.63, 3.8) is 0 Å². The molecular formula is C32H30F2N2O5S. The minimum Gasteiger partial charge on any atom is -0.371 e. The second kappa shape index (κ2) is 11.2. The summed E-state index contributed by atoms with van der Waals surface area (Å²) < 4.78 is 54.9. The van der Waals surface area contributed by atoms with E-state index in [-0.39, 0.29) is 28.8 Å². The minimum absolute atomic E-state index is 0.0118. The number of ketones is 3. The number of halogens is 2. The van der Waals surface area contributed by atoms with Gasteiger partial charge in [-0.15, -0.1) is 0 Å². The molecule has 7 nitrogen and oxygen atoms in total. The van der Waals surface area contributed by atoms with Gasteiger partial charge in [0, 0.05) is 48.5 Å². The maximum atomic E-state index is 13.5. The molecule has 0 spiro atoms. The largest absolute Gasteiger partial charge is 0.371 e. The predicted octanol–water partition coefficient (Wildman–Crippen LogP) is 5.90. The highest BCUT2D eigenvalue weighted by atomic mass is 32.2. The number of sulfonamides is 1. The van der Waals surface area contributed by atoms with Gasteiger partial charge in [-0.05, 0) is 72.7 Å².